The van der Waals surface area contributed by atoms with Crippen LogP contribution in [0.15, 0.2) is 33.3 Å². The number of rotatable bonds is 1. The van der Waals surface area contributed by atoms with E-state index in [0.717, 1.165) is 26.8 Å². The van der Waals surface area contributed by atoms with Crippen LogP contribution in [0.1, 0.15) is 21.6 Å². The molecule has 0 fully saturated rings. The fourth-order valence-corrected chi connectivity index (χ4v) is 3.34. The minimum Gasteiger partial charge on any atom is -0.352 e. The second kappa shape index (κ2) is 5.33. The van der Waals surface area contributed by atoms with Crippen molar-refractivity contribution in [1.29, 1.82) is 0 Å². The summed E-state index contributed by atoms with van der Waals surface area (Å²) < 4.78 is 15.1. The first-order valence-electron chi connectivity index (χ1n) is 6.16. The van der Waals surface area contributed by atoms with Gasteiger partial charge in [0.05, 0.1) is 9.08 Å². The molecule has 0 bridgehead atoms. The van der Waals surface area contributed by atoms with Crippen LogP contribution in [0.2, 0.25) is 0 Å². The van der Waals surface area contributed by atoms with Crippen molar-refractivity contribution in [2.45, 2.75) is 13.0 Å². The molecule has 0 saturated heterocycles. The molecule has 1 aromatic heterocycles. The number of carbonyl (C=O) groups is 1. The van der Waals surface area contributed by atoms with Gasteiger partial charge >= 0.3 is 0 Å². The Kier molecular flexibility index (Phi) is 3.69. The SMILES string of the molecule is O=C(c1cccc(F)c1)N1CCc2[nH]c(Br)c(Br)c2C1. The molecule has 0 atom stereocenters. The van der Waals surface area contributed by atoms with Gasteiger partial charge in [0.2, 0.25) is 0 Å². The third kappa shape index (κ3) is 2.42. The molecule has 1 aliphatic heterocycles. The lowest BCUT2D eigenvalue weighted by molar-refractivity contribution is 0.0733. The first kappa shape index (κ1) is 13.8. The van der Waals surface area contributed by atoms with Gasteiger partial charge in [0.1, 0.15) is 5.82 Å². The Morgan fingerprint density at radius 3 is 2.90 bits per heavy atom. The average Bonchev–Trinajstić information content (AvgIpc) is 2.73. The zero-order valence-corrected chi connectivity index (χ0v) is 13.6. The lowest BCUT2D eigenvalue weighted by Gasteiger charge is -2.27. The molecular weight excluding hydrogens is 391 g/mol. The molecule has 1 aromatic carbocycles. The lowest BCUT2D eigenvalue weighted by atomic mass is 10.1. The topological polar surface area (TPSA) is 36.1 Å². The van der Waals surface area contributed by atoms with Crippen molar-refractivity contribution in [3.63, 3.8) is 0 Å². The number of hydrogen-bond donors (Lipinski definition) is 1. The molecule has 0 radical (unpaired) electrons. The largest absolute Gasteiger partial charge is 0.352 e. The zero-order valence-electron chi connectivity index (χ0n) is 10.4. The second-order valence-electron chi connectivity index (χ2n) is 4.70. The molecule has 1 N–H and O–H groups in total. The van der Waals surface area contributed by atoms with Gasteiger partial charge in [-0.2, -0.15) is 0 Å². The maximum absolute atomic E-state index is 13.2. The first-order valence-corrected chi connectivity index (χ1v) is 7.74. The van der Waals surface area contributed by atoms with E-state index in [4.69, 9.17) is 0 Å². The highest BCUT2D eigenvalue weighted by Gasteiger charge is 2.26. The number of aromatic amines is 1. The molecule has 0 saturated carbocycles. The third-order valence-electron chi connectivity index (χ3n) is 3.42. The van der Waals surface area contributed by atoms with Crippen molar-refractivity contribution in [2.75, 3.05) is 6.54 Å². The van der Waals surface area contributed by atoms with E-state index in [1.807, 2.05) is 0 Å². The predicted octanol–water partition coefficient (Wildman–Crippen LogP) is 3.88. The molecule has 0 unspecified atom stereocenters. The summed E-state index contributed by atoms with van der Waals surface area (Å²) >= 11 is 6.94. The van der Waals surface area contributed by atoms with Crippen LogP contribution < -0.4 is 0 Å². The number of nitrogens with zero attached hydrogens (tertiary/aromatic N) is 1. The number of hydrogen-bond acceptors (Lipinski definition) is 1. The molecule has 2 aromatic rings. The number of carbonyl (C=O) groups excluding carboxylic acids is 1. The van der Waals surface area contributed by atoms with Gasteiger partial charge in [-0.15, -0.1) is 0 Å². The van der Waals surface area contributed by atoms with E-state index in [-0.39, 0.29) is 11.7 Å². The molecule has 0 aliphatic carbocycles. The summed E-state index contributed by atoms with van der Waals surface area (Å²) in [7, 11) is 0. The molecule has 6 heteroatoms. The van der Waals surface area contributed by atoms with Crippen LogP contribution in [0.25, 0.3) is 0 Å². The summed E-state index contributed by atoms with van der Waals surface area (Å²) in [5.41, 5.74) is 2.60. The predicted molar refractivity (Wildman–Crippen MR) is 81.0 cm³/mol. The summed E-state index contributed by atoms with van der Waals surface area (Å²) in [4.78, 5) is 17.4. The quantitative estimate of drug-likeness (QED) is 0.773. The lowest BCUT2D eigenvalue weighted by Crippen LogP contribution is -2.35. The number of aromatic nitrogens is 1. The first-order chi connectivity index (χ1) is 9.56. The summed E-state index contributed by atoms with van der Waals surface area (Å²) in [6.07, 6.45) is 0.764. The number of fused-ring (bicyclic) bond motifs is 1. The Bertz CT molecular complexity index is 684. The standard InChI is InChI=1S/C14H11Br2FN2O/c15-12-10-7-19(5-4-11(10)18-13(12)16)14(20)8-2-1-3-9(17)6-8/h1-3,6,18H,4-5,7H2. The van der Waals surface area contributed by atoms with E-state index in [9.17, 15) is 9.18 Å². The van der Waals surface area contributed by atoms with Gasteiger partial charge in [-0.3, -0.25) is 4.79 Å². The fourth-order valence-electron chi connectivity index (χ4n) is 2.40. The highest BCUT2D eigenvalue weighted by molar-refractivity contribution is 9.13. The average molecular weight is 402 g/mol. The van der Waals surface area contributed by atoms with Gasteiger partial charge < -0.3 is 9.88 Å². The summed E-state index contributed by atoms with van der Waals surface area (Å²) in [6, 6.07) is 5.81. The van der Waals surface area contributed by atoms with Gasteiger partial charge in [0.25, 0.3) is 5.91 Å². The zero-order chi connectivity index (χ0) is 14.3. The molecule has 3 nitrogen and oxygen atoms in total. The smallest absolute Gasteiger partial charge is 0.254 e. The Hall–Kier alpha value is -1.14. The van der Waals surface area contributed by atoms with Gasteiger partial charge in [0, 0.05) is 36.3 Å². The van der Waals surface area contributed by atoms with E-state index in [1.54, 1.807) is 17.0 Å². The molecular formula is C14H11Br2FN2O. The Balaban J connectivity index is 1.86. The molecule has 3 rings (SSSR count). The monoisotopic (exact) mass is 400 g/mol. The number of H-pyrrole nitrogens is 1. The Morgan fingerprint density at radius 2 is 2.15 bits per heavy atom. The fraction of sp³-hybridized carbons (Fsp3) is 0.214. The van der Waals surface area contributed by atoms with Gasteiger partial charge in [-0.25, -0.2) is 4.39 Å². The Labute approximate surface area is 132 Å². The van der Waals surface area contributed by atoms with Crippen molar-refractivity contribution >= 4 is 37.8 Å². The van der Waals surface area contributed by atoms with E-state index in [1.165, 1.54) is 12.1 Å². The highest BCUT2D eigenvalue weighted by Crippen LogP contribution is 2.33. The minimum atomic E-state index is -0.390. The molecule has 1 amide bonds. The maximum atomic E-state index is 13.2. The molecule has 104 valence electrons. The van der Waals surface area contributed by atoms with Crippen LogP contribution in [0, 0.1) is 5.82 Å². The highest BCUT2D eigenvalue weighted by atomic mass is 79.9. The van der Waals surface area contributed by atoms with Crippen LogP contribution in [-0.4, -0.2) is 22.3 Å². The van der Waals surface area contributed by atoms with Gasteiger partial charge in [-0.1, -0.05) is 6.07 Å². The van der Waals surface area contributed by atoms with Crippen LogP contribution in [0.3, 0.4) is 0 Å². The number of halogens is 3. The van der Waals surface area contributed by atoms with Crippen molar-refractivity contribution < 1.29 is 9.18 Å². The summed E-state index contributed by atoms with van der Waals surface area (Å²) in [6.45, 7) is 1.15. The van der Waals surface area contributed by atoms with Crippen LogP contribution in [0.5, 0.6) is 0 Å². The van der Waals surface area contributed by atoms with Gasteiger partial charge in [-0.05, 0) is 50.1 Å². The van der Waals surface area contributed by atoms with E-state index < -0.39 is 0 Å². The third-order valence-corrected chi connectivity index (χ3v) is 5.42. The van der Waals surface area contributed by atoms with Crippen LogP contribution in [-0.2, 0) is 13.0 Å². The van der Waals surface area contributed by atoms with Crippen LogP contribution in [0.4, 0.5) is 4.39 Å². The molecule has 0 spiro atoms. The summed E-state index contributed by atoms with van der Waals surface area (Å²) in [5.74, 6) is -0.529. The number of amides is 1. The van der Waals surface area contributed by atoms with Crippen molar-refractivity contribution in [3.05, 3.63) is 56.0 Å². The molecule has 20 heavy (non-hydrogen) atoms. The van der Waals surface area contributed by atoms with E-state index >= 15 is 0 Å². The second-order valence-corrected chi connectivity index (χ2v) is 6.28. The number of benzene rings is 1. The molecule has 2 heterocycles. The normalized spacial score (nSPS) is 14.2. The summed E-state index contributed by atoms with van der Waals surface area (Å²) in [5, 5.41) is 0. The molecule has 1 aliphatic rings. The van der Waals surface area contributed by atoms with E-state index in [0.29, 0.717) is 18.7 Å². The minimum absolute atomic E-state index is 0.139. The number of nitrogens with one attached hydrogen (secondary N) is 1. The maximum Gasteiger partial charge on any atom is 0.254 e. The van der Waals surface area contributed by atoms with Crippen molar-refractivity contribution in [3.8, 4) is 0 Å². The van der Waals surface area contributed by atoms with Gasteiger partial charge in [0.15, 0.2) is 0 Å². The van der Waals surface area contributed by atoms with Crippen molar-refractivity contribution in [2.24, 2.45) is 0 Å². The van der Waals surface area contributed by atoms with E-state index in [2.05, 4.69) is 36.8 Å². The van der Waals surface area contributed by atoms with Crippen molar-refractivity contribution in [1.82, 2.24) is 9.88 Å². The van der Waals surface area contributed by atoms with Crippen LogP contribution >= 0.6 is 31.9 Å². The Morgan fingerprint density at radius 1 is 1.35 bits per heavy atom.